The fourth-order valence-electron chi connectivity index (χ4n) is 2.17. The van der Waals surface area contributed by atoms with Gasteiger partial charge in [0.15, 0.2) is 0 Å². The molecule has 0 radical (unpaired) electrons. The highest BCUT2D eigenvalue weighted by molar-refractivity contribution is 5.94. The number of hydrogen-bond acceptors (Lipinski definition) is 3. The molecular formula is C15H17N3O. The molecule has 1 fully saturated rings. The molecule has 98 valence electrons. The Kier molecular flexibility index (Phi) is 2.93. The van der Waals surface area contributed by atoms with E-state index in [1.54, 1.807) is 6.20 Å². The Balaban J connectivity index is 2.02. The minimum atomic E-state index is 0.0884. The van der Waals surface area contributed by atoms with Crippen LogP contribution in [0.15, 0.2) is 24.4 Å². The van der Waals surface area contributed by atoms with Gasteiger partial charge >= 0.3 is 0 Å². The number of aromatic nitrogens is 2. The fraction of sp³-hybridized carbons (Fsp3) is 0.400. The molecular weight excluding hydrogens is 238 g/mol. The van der Waals surface area contributed by atoms with Gasteiger partial charge in [0.2, 0.25) is 5.91 Å². The molecule has 1 aliphatic carbocycles. The van der Waals surface area contributed by atoms with E-state index in [1.807, 2.05) is 18.2 Å². The van der Waals surface area contributed by atoms with Gasteiger partial charge in [0.25, 0.3) is 0 Å². The molecule has 4 heteroatoms. The molecule has 1 saturated carbocycles. The summed E-state index contributed by atoms with van der Waals surface area (Å²) in [6.45, 7) is 4.24. The maximum atomic E-state index is 11.8. The molecule has 1 amide bonds. The first-order valence-electron chi connectivity index (χ1n) is 6.71. The number of fused-ring (bicyclic) bond motifs is 1. The molecule has 2 heterocycles. The number of nitrogens with zero attached hydrogens (tertiary/aromatic N) is 2. The molecule has 1 aliphatic rings. The second-order valence-electron chi connectivity index (χ2n) is 5.39. The van der Waals surface area contributed by atoms with E-state index in [1.165, 1.54) is 0 Å². The van der Waals surface area contributed by atoms with E-state index in [2.05, 4.69) is 29.1 Å². The normalized spacial score (nSPS) is 14.9. The lowest BCUT2D eigenvalue weighted by molar-refractivity contribution is -0.117. The third kappa shape index (κ3) is 2.43. The first-order valence-corrected chi connectivity index (χ1v) is 6.71. The van der Waals surface area contributed by atoms with Crippen molar-refractivity contribution in [1.82, 2.24) is 9.97 Å². The van der Waals surface area contributed by atoms with Crippen molar-refractivity contribution in [3.63, 3.8) is 0 Å². The quantitative estimate of drug-likeness (QED) is 0.916. The Labute approximate surface area is 112 Å². The molecule has 0 bridgehead atoms. The van der Waals surface area contributed by atoms with E-state index in [0.717, 1.165) is 29.4 Å². The Hall–Kier alpha value is -1.97. The van der Waals surface area contributed by atoms with Crippen molar-refractivity contribution in [1.29, 1.82) is 0 Å². The van der Waals surface area contributed by atoms with Gasteiger partial charge in [0.1, 0.15) is 5.82 Å². The molecule has 3 rings (SSSR count). The van der Waals surface area contributed by atoms with Gasteiger partial charge in [-0.15, -0.1) is 0 Å². The highest BCUT2D eigenvalue weighted by Crippen LogP contribution is 2.31. The first kappa shape index (κ1) is 12.1. The number of nitrogens with one attached hydrogen (secondary N) is 1. The number of rotatable bonds is 3. The summed E-state index contributed by atoms with van der Waals surface area (Å²) in [7, 11) is 0. The predicted molar refractivity (Wildman–Crippen MR) is 75.0 cm³/mol. The van der Waals surface area contributed by atoms with Crippen LogP contribution in [0, 0.1) is 5.92 Å². The van der Waals surface area contributed by atoms with Crippen molar-refractivity contribution in [2.45, 2.75) is 32.6 Å². The lowest BCUT2D eigenvalue weighted by Crippen LogP contribution is -2.15. The first-order chi connectivity index (χ1) is 9.15. The summed E-state index contributed by atoms with van der Waals surface area (Å²) in [6.07, 6.45) is 3.77. The van der Waals surface area contributed by atoms with Gasteiger partial charge < -0.3 is 5.32 Å². The van der Waals surface area contributed by atoms with Crippen molar-refractivity contribution in [2.24, 2.45) is 5.92 Å². The van der Waals surface area contributed by atoms with Gasteiger partial charge in [-0.05, 0) is 42.5 Å². The molecule has 1 N–H and O–H groups in total. The molecule has 0 unspecified atom stereocenters. The molecule has 0 spiro atoms. The van der Waals surface area contributed by atoms with Crippen LogP contribution in [0.3, 0.4) is 0 Å². The zero-order valence-corrected chi connectivity index (χ0v) is 11.2. The SMILES string of the molecule is CC(C)c1cc(NC(=O)C2CC2)nc2cccnc12. The minimum Gasteiger partial charge on any atom is -0.310 e. The monoisotopic (exact) mass is 255 g/mol. The largest absolute Gasteiger partial charge is 0.310 e. The zero-order chi connectivity index (χ0) is 13.4. The second kappa shape index (κ2) is 4.61. The lowest BCUT2D eigenvalue weighted by Gasteiger charge is -2.12. The van der Waals surface area contributed by atoms with Crippen LogP contribution in [-0.2, 0) is 4.79 Å². The van der Waals surface area contributed by atoms with Gasteiger partial charge in [-0.3, -0.25) is 9.78 Å². The van der Waals surface area contributed by atoms with E-state index < -0.39 is 0 Å². The highest BCUT2D eigenvalue weighted by Gasteiger charge is 2.30. The summed E-state index contributed by atoms with van der Waals surface area (Å²) >= 11 is 0. The van der Waals surface area contributed by atoms with Gasteiger partial charge in [-0.25, -0.2) is 4.98 Å². The molecule has 0 saturated heterocycles. The molecule has 4 nitrogen and oxygen atoms in total. The van der Waals surface area contributed by atoms with Crippen LogP contribution >= 0.6 is 0 Å². The third-order valence-corrected chi connectivity index (χ3v) is 3.41. The average molecular weight is 255 g/mol. The van der Waals surface area contributed by atoms with Crippen LogP contribution in [0.2, 0.25) is 0 Å². The Morgan fingerprint density at radius 2 is 2.21 bits per heavy atom. The molecule has 19 heavy (non-hydrogen) atoms. The van der Waals surface area contributed by atoms with Crippen LogP contribution in [0.25, 0.3) is 11.0 Å². The summed E-state index contributed by atoms with van der Waals surface area (Å²) in [5, 5.41) is 2.91. The van der Waals surface area contributed by atoms with Crippen molar-refractivity contribution in [2.75, 3.05) is 5.32 Å². The predicted octanol–water partition coefficient (Wildman–Crippen LogP) is 3.10. The lowest BCUT2D eigenvalue weighted by atomic mass is 10.0. The second-order valence-corrected chi connectivity index (χ2v) is 5.39. The summed E-state index contributed by atoms with van der Waals surface area (Å²) in [6, 6.07) is 5.74. The van der Waals surface area contributed by atoms with Gasteiger partial charge in [-0.1, -0.05) is 13.8 Å². The number of anilines is 1. The number of hydrogen-bond donors (Lipinski definition) is 1. The topological polar surface area (TPSA) is 54.9 Å². The maximum absolute atomic E-state index is 11.8. The van der Waals surface area contributed by atoms with Gasteiger partial charge in [0, 0.05) is 12.1 Å². The van der Waals surface area contributed by atoms with E-state index in [4.69, 9.17) is 0 Å². The van der Waals surface area contributed by atoms with Crippen LogP contribution in [0.4, 0.5) is 5.82 Å². The van der Waals surface area contributed by atoms with E-state index in [-0.39, 0.29) is 11.8 Å². The maximum Gasteiger partial charge on any atom is 0.228 e. The molecule has 0 aliphatic heterocycles. The Bertz CT molecular complexity index is 632. The van der Waals surface area contributed by atoms with Gasteiger partial charge in [-0.2, -0.15) is 0 Å². The van der Waals surface area contributed by atoms with Crippen LogP contribution in [0.1, 0.15) is 38.2 Å². The molecule has 2 aromatic heterocycles. The van der Waals surface area contributed by atoms with Crippen LogP contribution in [-0.4, -0.2) is 15.9 Å². The molecule has 0 atom stereocenters. The minimum absolute atomic E-state index is 0.0884. The summed E-state index contributed by atoms with van der Waals surface area (Å²) in [5.74, 6) is 1.26. The zero-order valence-electron chi connectivity index (χ0n) is 11.2. The summed E-state index contributed by atoms with van der Waals surface area (Å²) in [4.78, 5) is 20.7. The van der Waals surface area contributed by atoms with E-state index in [0.29, 0.717) is 11.7 Å². The average Bonchev–Trinajstić information content (AvgIpc) is 3.21. The van der Waals surface area contributed by atoms with Crippen molar-refractivity contribution >= 4 is 22.8 Å². The van der Waals surface area contributed by atoms with Crippen molar-refractivity contribution < 1.29 is 4.79 Å². The number of pyridine rings is 2. The van der Waals surface area contributed by atoms with E-state index in [9.17, 15) is 4.79 Å². The third-order valence-electron chi connectivity index (χ3n) is 3.41. The number of amides is 1. The smallest absolute Gasteiger partial charge is 0.228 e. The highest BCUT2D eigenvalue weighted by atomic mass is 16.2. The summed E-state index contributed by atoms with van der Waals surface area (Å²) in [5.41, 5.74) is 2.87. The van der Waals surface area contributed by atoms with E-state index >= 15 is 0 Å². The summed E-state index contributed by atoms with van der Waals surface area (Å²) < 4.78 is 0. The Morgan fingerprint density at radius 3 is 2.89 bits per heavy atom. The number of carbonyl (C=O) groups excluding carboxylic acids is 1. The molecule has 2 aromatic rings. The van der Waals surface area contributed by atoms with Crippen LogP contribution in [0.5, 0.6) is 0 Å². The Morgan fingerprint density at radius 1 is 1.42 bits per heavy atom. The molecule has 0 aromatic carbocycles. The van der Waals surface area contributed by atoms with Crippen molar-refractivity contribution in [3.05, 3.63) is 30.0 Å². The number of carbonyl (C=O) groups is 1. The van der Waals surface area contributed by atoms with Crippen molar-refractivity contribution in [3.8, 4) is 0 Å². The van der Waals surface area contributed by atoms with Gasteiger partial charge in [0.05, 0.1) is 11.0 Å². The standard InChI is InChI=1S/C15H17N3O/c1-9(2)11-8-13(18-15(19)10-5-6-10)17-12-4-3-7-16-14(11)12/h3-4,7-10H,5-6H2,1-2H3,(H,17,18,19). The fourth-order valence-corrected chi connectivity index (χ4v) is 2.17. The van der Waals surface area contributed by atoms with Crippen LogP contribution < -0.4 is 5.32 Å².